The van der Waals surface area contributed by atoms with E-state index in [1.165, 1.54) is 0 Å². The van der Waals surface area contributed by atoms with Gasteiger partial charge in [0.1, 0.15) is 11.3 Å². The third kappa shape index (κ3) is 2.57. The Morgan fingerprint density at radius 3 is 2.19 bits per heavy atom. The van der Waals surface area contributed by atoms with Crippen molar-refractivity contribution < 1.29 is 44.2 Å². The van der Waals surface area contributed by atoms with Crippen molar-refractivity contribution in [2.45, 2.75) is 0 Å². The first-order valence-electron chi connectivity index (χ1n) is 3.51. The van der Waals surface area contributed by atoms with Crippen LogP contribution in [0.1, 0.15) is 20.8 Å². The van der Waals surface area contributed by atoms with E-state index in [0.29, 0.717) is 0 Å². The van der Waals surface area contributed by atoms with Crippen molar-refractivity contribution >= 4 is 17.6 Å². The summed E-state index contributed by atoms with van der Waals surface area (Å²) in [5, 5.41) is 31.3. The number of aromatic carboxylic acids is 2. The number of nitro groups is 1. The van der Waals surface area contributed by atoms with E-state index < -0.39 is 33.8 Å². The standard InChI is InChI=1S/C7H4N2O6.Zn/c10-6(11)4-3(9(14)15)1-2-8-5(4)7(12)13;/h1-2H,(H,10,11)(H,12,13);/q;+2/p-2. The fraction of sp³-hybridized carbons (Fsp3) is 0. The maximum atomic E-state index is 10.5. The summed E-state index contributed by atoms with van der Waals surface area (Å²) in [6.07, 6.45) is 0.801. The van der Waals surface area contributed by atoms with E-state index in [9.17, 15) is 29.9 Å². The van der Waals surface area contributed by atoms with Crippen LogP contribution in [-0.4, -0.2) is 21.8 Å². The Kier molecular flexibility index (Phi) is 4.65. The molecule has 78 valence electrons. The van der Waals surface area contributed by atoms with E-state index in [0.717, 1.165) is 12.3 Å². The number of carboxylic acid groups (broad SMARTS) is 2. The van der Waals surface area contributed by atoms with Crippen molar-refractivity contribution in [2.75, 3.05) is 0 Å². The molecule has 1 heterocycles. The molecule has 0 saturated heterocycles. The van der Waals surface area contributed by atoms with Gasteiger partial charge < -0.3 is 19.8 Å². The van der Waals surface area contributed by atoms with Crippen LogP contribution < -0.4 is 10.2 Å². The van der Waals surface area contributed by atoms with Crippen LogP contribution in [0, 0.1) is 10.1 Å². The summed E-state index contributed by atoms with van der Waals surface area (Å²) < 4.78 is 0. The summed E-state index contributed by atoms with van der Waals surface area (Å²) in [6, 6.07) is 0.761. The van der Waals surface area contributed by atoms with E-state index in [1.54, 1.807) is 0 Å². The second-order valence-corrected chi connectivity index (χ2v) is 2.39. The molecule has 16 heavy (non-hydrogen) atoms. The predicted molar refractivity (Wildman–Crippen MR) is 39.6 cm³/mol. The van der Waals surface area contributed by atoms with Crippen molar-refractivity contribution in [3.05, 3.63) is 33.6 Å². The van der Waals surface area contributed by atoms with Gasteiger partial charge in [0.25, 0.3) is 5.69 Å². The Morgan fingerprint density at radius 1 is 1.25 bits per heavy atom. The fourth-order valence-corrected chi connectivity index (χ4v) is 0.960. The van der Waals surface area contributed by atoms with Gasteiger partial charge in [0, 0.05) is 12.3 Å². The first-order valence-corrected chi connectivity index (χ1v) is 3.51. The number of carbonyl (C=O) groups excluding carboxylic acids is 2. The second kappa shape index (κ2) is 5.27. The van der Waals surface area contributed by atoms with Gasteiger partial charge in [-0.3, -0.25) is 15.1 Å². The summed E-state index contributed by atoms with van der Waals surface area (Å²) >= 11 is 0. The van der Waals surface area contributed by atoms with E-state index in [1.807, 2.05) is 0 Å². The number of aromatic nitrogens is 1. The van der Waals surface area contributed by atoms with Gasteiger partial charge in [-0.25, -0.2) is 0 Å². The van der Waals surface area contributed by atoms with Gasteiger partial charge in [-0.1, -0.05) is 0 Å². The first-order chi connectivity index (χ1) is 6.95. The Balaban J connectivity index is 0.00000225. The summed E-state index contributed by atoms with van der Waals surface area (Å²) in [5.74, 6) is -3.91. The molecule has 9 heteroatoms. The third-order valence-electron chi connectivity index (χ3n) is 1.52. The van der Waals surface area contributed by atoms with Gasteiger partial charge in [-0.2, -0.15) is 0 Å². The molecule has 8 nitrogen and oxygen atoms in total. The number of hydrogen-bond donors (Lipinski definition) is 0. The Hall–Kier alpha value is -1.89. The Morgan fingerprint density at radius 2 is 1.81 bits per heavy atom. The minimum Gasteiger partial charge on any atom is -0.544 e. The van der Waals surface area contributed by atoms with Crippen LogP contribution in [-0.2, 0) is 19.5 Å². The SMILES string of the molecule is O=C([O-])c1nccc([N+](=O)[O-])c1C(=O)[O-].[Zn+2]. The van der Waals surface area contributed by atoms with Crippen LogP contribution in [0.3, 0.4) is 0 Å². The van der Waals surface area contributed by atoms with E-state index >= 15 is 0 Å². The van der Waals surface area contributed by atoms with Gasteiger partial charge in [0.05, 0.1) is 16.9 Å². The molecule has 1 rings (SSSR count). The molecular weight excluding hydrogens is 273 g/mol. The van der Waals surface area contributed by atoms with Crippen molar-refractivity contribution in [2.24, 2.45) is 0 Å². The molecule has 0 aliphatic carbocycles. The van der Waals surface area contributed by atoms with Gasteiger partial charge in [0.2, 0.25) is 0 Å². The van der Waals surface area contributed by atoms with Gasteiger partial charge >= 0.3 is 19.5 Å². The molecule has 0 unspecified atom stereocenters. The maximum absolute atomic E-state index is 10.5. The number of carbonyl (C=O) groups is 2. The molecule has 0 bridgehead atoms. The smallest absolute Gasteiger partial charge is 0.544 e. The van der Waals surface area contributed by atoms with Crippen molar-refractivity contribution in [1.82, 2.24) is 4.98 Å². The zero-order chi connectivity index (χ0) is 11.6. The number of rotatable bonds is 3. The fourth-order valence-electron chi connectivity index (χ4n) is 0.960. The zero-order valence-corrected chi connectivity index (χ0v) is 10.7. The second-order valence-electron chi connectivity index (χ2n) is 2.39. The average Bonchev–Trinajstić information content (AvgIpc) is 2.16. The van der Waals surface area contributed by atoms with Gasteiger partial charge in [-0.05, 0) is 0 Å². The molecule has 0 aliphatic rings. The van der Waals surface area contributed by atoms with Crippen LogP contribution in [0.4, 0.5) is 5.69 Å². The monoisotopic (exact) mass is 274 g/mol. The minimum absolute atomic E-state index is 0. The molecule has 1 aromatic heterocycles. The molecule has 1 aromatic rings. The van der Waals surface area contributed by atoms with Crippen molar-refractivity contribution in [1.29, 1.82) is 0 Å². The minimum atomic E-state index is -1.99. The normalized spacial score (nSPS) is 9.00. The molecule has 0 N–H and O–H groups in total. The largest absolute Gasteiger partial charge is 2.00 e. The molecular formula is C7H2N2O6Zn. The van der Waals surface area contributed by atoms with Crippen LogP contribution in [0.5, 0.6) is 0 Å². The predicted octanol–water partition coefficient (Wildman–Crippen LogP) is -2.29. The van der Waals surface area contributed by atoms with Crippen molar-refractivity contribution in [3.8, 4) is 0 Å². The summed E-state index contributed by atoms with van der Waals surface area (Å²) in [5.41, 5.74) is -3.02. The Bertz CT molecular complexity index is 428. The first kappa shape index (κ1) is 14.1. The van der Waals surface area contributed by atoms with E-state index in [4.69, 9.17) is 0 Å². The number of hydrogen-bond acceptors (Lipinski definition) is 7. The zero-order valence-electron chi connectivity index (χ0n) is 7.71. The van der Waals surface area contributed by atoms with Crippen LogP contribution in [0.15, 0.2) is 12.3 Å². The maximum Gasteiger partial charge on any atom is 2.00 e. The summed E-state index contributed by atoms with van der Waals surface area (Å²) in [6.45, 7) is 0. The molecule has 0 spiro atoms. The molecule has 0 aromatic carbocycles. The number of nitrogens with zero attached hydrogens (tertiary/aromatic N) is 2. The third-order valence-corrected chi connectivity index (χ3v) is 1.52. The number of pyridine rings is 1. The van der Waals surface area contributed by atoms with E-state index in [2.05, 4.69) is 4.98 Å². The average molecular weight is 275 g/mol. The van der Waals surface area contributed by atoms with E-state index in [-0.39, 0.29) is 19.5 Å². The molecule has 0 radical (unpaired) electrons. The van der Waals surface area contributed by atoms with Gasteiger partial charge in [-0.15, -0.1) is 0 Å². The number of carboxylic acids is 2. The van der Waals surface area contributed by atoms with Crippen molar-refractivity contribution in [3.63, 3.8) is 0 Å². The molecule has 0 atom stereocenters. The molecule has 0 aliphatic heterocycles. The van der Waals surface area contributed by atoms with Crippen LogP contribution in [0.2, 0.25) is 0 Å². The van der Waals surface area contributed by atoms with Crippen LogP contribution in [0.25, 0.3) is 0 Å². The van der Waals surface area contributed by atoms with Crippen LogP contribution >= 0.6 is 0 Å². The summed E-state index contributed by atoms with van der Waals surface area (Å²) in [7, 11) is 0. The van der Waals surface area contributed by atoms with Gasteiger partial charge in [0.15, 0.2) is 0 Å². The molecule has 0 saturated carbocycles. The topological polar surface area (TPSA) is 136 Å². The molecule has 0 amide bonds. The Labute approximate surface area is 101 Å². The summed E-state index contributed by atoms with van der Waals surface area (Å²) in [4.78, 5) is 33.4. The molecule has 0 fully saturated rings. The quantitative estimate of drug-likeness (QED) is 0.344.